The lowest BCUT2D eigenvalue weighted by molar-refractivity contribution is 0.128. The van der Waals surface area contributed by atoms with Gasteiger partial charge < -0.3 is 9.84 Å². The maximum Gasteiger partial charge on any atom is 0.128 e. The molecule has 2 aromatic rings. The lowest BCUT2D eigenvalue weighted by Gasteiger charge is -2.11. The number of aliphatic hydroxyl groups is 1. The first-order valence-corrected chi connectivity index (χ1v) is 6.14. The predicted octanol–water partition coefficient (Wildman–Crippen LogP) is 2.37. The third kappa shape index (κ3) is 2.51. The normalized spacial score (nSPS) is 12.6. The van der Waals surface area contributed by atoms with Gasteiger partial charge in [-0.3, -0.25) is 4.98 Å². The average Bonchev–Trinajstić information content (AvgIpc) is 2.35. The van der Waals surface area contributed by atoms with E-state index in [4.69, 9.17) is 4.74 Å². The molecule has 0 aliphatic carbocycles. The molecular weight excluding hydrogens is 270 g/mol. The number of fused-ring (bicyclic) bond motifs is 1. The molecule has 4 heteroatoms. The number of hydrogen-bond acceptors (Lipinski definition) is 3. The first-order valence-electron chi connectivity index (χ1n) is 5.02. The molecule has 16 heavy (non-hydrogen) atoms. The largest absolute Gasteiger partial charge is 0.490 e. The van der Waals surface area contributed by atoms with Crippen molar-refractivity contribution in [3.05, 3.63) is 36.5 Å². The van der Waals surface area contributed by atoms with Crippen molar-refractivity contribution in [1.82, 2.24) is 4.98 Å². The second-order valence-electron chi connectivity index (χ2n) is 3.45. The molecule has 0 aliphatic rings. The second kappa shape index (κ2) is 5.27. The van der Waals surface area contributed by atoms with E-state index >= 15 is 0 Å². The summed E-state index contributed by atoms with van der Waals surface area (Å²) in [6.07, 6.45) is 1.26. The number of rotatable bonds is 4. The Kier molecular flexibility index (Phi) is 3.74. The highest BCUT2D eigenvalue weighted by atomic mass is 79.9. The van der Waals surface area contributed by atoms with Crippen molar-refractivity contribution in [2.45, 2.75) is 6.10 Å². The van der Waals surface area contributed by atoms with Gasteiger partial charge in [0.05, 0.1) is 11.6 Å². The van der Waals surface area contributed by atoms with Gasteiger partial charge in [0, 0.05) is 16.9 Å². The van der Waals surface area contributed by atoms with Crippen LogP contribution in [-0.4, -0.2) is 28.1 Å². The number of benzene rings is 1. The fourth-order valence-electron chi connectivity index (χ4n) is 1.43. The van der Waals surface area contributed by atoms with Gasteiger partial charge in [-0.1, -0.05) is 22.0 Å². The topological polar surface area (TPSA) is 42.4 Å². The van der Waals surface area contributed by atoms with Crippen LogP contribution >= 0.6 is 15.9 Å². The van der Waals surface area contributed by atoms with Crippen molar-refractivity contribution in [3.63, 3.8) is 0 Å². The number of alkyl halides is 1. The van der Waals surface area contributed by atoms with Crippen LogP contribution in [0.15, 0.2) is 36.5 Å². The SMILES string of the molecule is OC(CBr)COc1cccc2ncccc12. The van der Waals surface area contributed by atoms with E-state index < -0.39 is 6.10 Å². The molecule has 1 aromatic heterocycles. The molecule has 0 saturated carbocycles. The third-order valence-corrected chi connectivity index (χ3v) is 2.96. The fraction of sp³-hybridized carbons (Fsp3) is 0.250. The molecular formula is C12H12BrNO2. The highest BCUT2D eigenvalue weighted by Gasteiger charge is 2.05. The Morgan fingerprint density at radius 1 is 1.31 bits per heavy atom. The van der Waals surface area contributed by atoms with Crippen molar-refractivity contribution in [3.8, 4) is 5.75 Å². The Bertz CT molecular complexity index is 470. The van der Waals surface area contributed by atoms with Crippen molar-refractivity contribution in [1.29, 1.82) is 0 Å². The maximum absolute atomic E-state index is 9.40. The third-order valence-electron chi connectivity index (χ3n) is 2.22. The lowest BCUT2D eigenvalue weighted by atomic mass is 10.2. The molecule has 0 radical (unpaired) electrons. The molecule has 3 nitrogen and oxygen atoms in total. The van der Waals surface area contributed by atoms with E-state index in [9.17, 15) is 5.11 Å². The van der Waals surface area contributed by atoms with Gasteiger partial charge in [0.15, 0.2) is 0 Å². The summed E-state index contributed by atoms with van der Waals surface area (Å²) in [5, 5.41) is 10.9. The molecule has 0 aliphatic heterocycles. The lowest BCUT2D eigenvalue weighted by Crippen LogP contribution is -2.18. The second-order valence-corrected chi connectivity index (χ2v) is 4.09. The Labute approximate surface area is 102 Å². The number of pyridine rings is 1. The van der Waals surface area contributed by atoms with Crippen LogP contribution in [0.3, 0.4) is 0 Å². The minimum absolute atomic E-state index is 0.277. The molecule has 1 heterocycles. The van der Waals surface area contributed by atoms with E-state index in [0.29, 0.717) is 5.33 Å². The van der Waals surface area contributed by atoms with Crippen molar-refractivity contribution in [2.24, 2.45) is 0 Å². The Morgan fingerprint density at radius 2 is 2.19 bits per heavy atom. The summed E-state index contributed by atoms with van der Waals surface area (Å²) in [6.45, 7) is 0.277. The van der Waals surface area contributed by atoms with Gasteiger partial charge in [0.1, 0.15) is 12.4 Å². The van der Waals surface area contributed by atoms with Crippen LogP contribution in [0.1, 0.15) is 0 Å². The zero-order chi connectivity index (χ0) is 11.4. The first-order chi connectivity index (χ1) is 7.81. The van der Waals surface area contributed by atoms with E-state index in [1.54, 1.807) is 6.20 Å². The minimum atomic E-state index is -0.494. The highest BCUT2D eigenvalue weighted by molar-refractivity contribution is 9.09. The zero-order valence-corrected chi connectivity index (χ0v) is 10.2. The van der Waals surface area contributed by atoms with Gasteiger partial charge in [0.25, 0.3) is 0 Å². The van der Waals surface area contributed by atoms with Gasteiger partial charge >= 0.3 is 0 Å². The zero-order valence-electron chi connectivity index (χ0n) is 8.64. The van der Waals surface area contributed by atoms with Crippen molar-refractivity contribution in [2.75, 3.05) is 11.9 Å². The molecule has 84 valence electrons. The monoisotopic (exact) mass is 281 g/mol. The van der Waals surface area contributed by atoms with Crippen LogP contribution in [0.25, 0.3) is 10.9 Å². The summed E-state index contributed by atoms with van der Waals surface area (Å²) in [7, 11) is 0. The van der Waals surface area contributed by atoms with Crippen LogP contribution < -0.4 is 4.74 Å². The van der Waals surface area contributed by atoms with Gasteiger partial charge in [-0.2, -0.15) is 0 Å². The summed E-state index contributed by atoms with van der Waals surface area (Å²) in [5.74, 6) is 0.755. The first kappa shape index (κ1) is 11.4. The van der Waals surface area contributed by atoms with E-state index in [0.717, 1.165) is 16.7 Å². The summed E-state index contributed by atoms with van der Waals surface area (Å²) in [6, 6.07) is 9.54. The molecule has 0 fully saturated rings. The molecule has 1 aromatic carbocycles. The standard InChI is InChI=1S/C12H12BrNO2/c13-7-9(15)8-16-12-5-1-4-11-10(12)3-2-6-14-11/h1-6,9,15H,7-8H2. The number of halogens is 1. The van der Waals surface area contributed by atoms with E-state index in [-0.39, 0.29) is 6.61 Å². The average molecular weight is 282 g/mol. The Morgan fingerprint density at radius 3 is 3.00 bits per heavy atom. The van der Waals surface area contributed by atoms with Crippen LogP contribution in [0.5, 0.6) is 5.75 Å². The van der Waals surface area contributed by atoms with Crippen LogP contribution in [0.4, 0.5) is 0 Å². The van der Waals surface area contributed by atoms with Gasteiger partial charge in [-0.25, -0.2) is 0 Å². The molecule has 0 amide bonds. The van der Waals surface area contributed by atoms with Crippen molar-refractivity contribution >= 4 is 26.8 Å². The maximum atomic E-state index is 9.40. The van der Waals surface area contributed by atoms with Crippen LogP contribution in [-0.2, 0) is 0 Å². The predicted molar refractivity (Wildman–Crippen MR) is 67.0 cm³/mol. The quantitative estimate of drug-likeness (QED) is 0.875. The van der Waals surface area contributed by atoms with Crippen molar-refractivity contribution < 1.29 is 9.84 Å². The summed E-state index contributed by atoms with van der Waals surface area (Å²) < 4.78 is 5.55. The van der Waals surface area contributed by atoms with Crippen LogP contribution in [0, 0.1) is 0 Å². The highest BCUT2D eigenvalue weighted by Crippen LogP contribution is 2.23. The summed E-state index contributed by atoms with van der Waals surface area (Å²) in [5.41, 5.74) is 0.897. The molecule has 0 bridgehead atoms. The number of nitrogens with zero attached hydrogens (tertiary/aromatic N) is 1. The van der Waals surface area contributed by atoms with Gasteiger partial charge in [0.2, 0.25) is 0 Å². The Balaban J connectivity index is 2.23. The summed E-state index contributed by atoms with van der Waals surface area (Å²) >= 11 is 3.20. The molecule has 1 unspecified atom stereocenters. The smallest absolute Gasteiger partial charge is 0.128 e. The number of ether oxygens (including phenoxy) is 1. The molecule has 0 saturated heterocycles. The molecule has 2 rings (SSSR count). The number of hydrogen-bond donors (Lipinski definition) is 1. The van der Waals surface area contributed by atoms with Gasteiger partial charge in [-0.05, 0) is 24.3 Å². The molecule has 1 N–H and O–H groups in total. The minimum Gasteiger partial charge on any atom is -0.490 e. The number of aromatic nitrogens is 1. The number of aliphatic hydroxyl groups excluding tert-OH is 1. The molecule has 1 atom stereocenters. The van der Waals surface area contributed by atoms with E-state index in [1.165, 1.54) is 0 Å². The van der Waals surface area contributed by atoms with E-state index in [1.807, 2.05) is 30.3 Å². The van der Waals surface area contributed by atoms with E-state index in [2.05, 4.69) is 20.9 Å². The Hall–Kier alpha value is -1.13. The fourth-order valence-corrected chi connectivity index (χ4v) is 1.62. The van der Waals surface area contributed by atoms with Gasteiger partial charge in [-0.15, -0.1) is 0 Å². The molecule has 0 spiro atoms. The van der Waals surface area contributed by atoms with Crippen LogP contribution in [0.2, 0.25) is 0 Å². The summed E-state index contributed by atoms with van der Waals surface area (Å²) in [4.78, 5) is 4.24.